The Morgan fingerprint density at radius 2 is 2.14 bits per heavy atom. The second kappa shape index (κ2) is 9.03. The predicted molar refractivity (Wildman–Crippen MR) is 91.1 cm³/mol. The number of aryl methyl sites for hydroxylation is 2. The molecule has 0 aliphatic heterocycles. The number of hydrogen-bond acceptors (Lipinski definition) is 3. The highest BCUT2D eigenvalue weighted by atomic mass is 32.1. The van der Waals surface area contributed by atoms with Crippen molar-refractivity contribution in [1.82, 2.24) is 10.3 Å². The molecule has 0 atom stereocenters. The highest BCUT2D eigenvalue weighted by molar-refractivity contribution is 7.11. The molecule has 0 spiro atoms. The SMILES string of the molecule is CCCCCCN=C(N)NCCc1nc2c(s1)CCCC2. The number of aromatic nitrogens is 1. The van der Waals surface area contributed by atoms with Gasteiger partial charge in [-0.1, -0.05) is 26.2 Å². The second-order valence-electron chi connectivity index (χ2n) is 5.69. The van der Waals surface area contributed by atoms with E-state index in [1.54, 1.807) is 0 Å². The number of fused-ring (bicyclic) bond motifs is 1. The Morgan fingerprint density at radius 3 is 2.95 bits per heavy atom. The molecule has 118 valence electrons. The molecule has 1 aromatic rings. The van der Waals surface area contributed by atoms with Gasteiger partial charge in [0.25, 0.3) is 0 Å². The third-order valence-corrected chi connectivity index (χ3v) is 5.05. The Kier molecular flexibility index (Phi) is 7.00. The summed E-state index contributed by atoms with van der Waals surface area (Å²) in [4.78, 5) is 10.6. The van der Waals surface area contributed by atoms with E-state index < -0.39 is 0 Å². The van der Waals surface area contributed by atoms with Crippen LogP contribution in [0.3, 0.4) is 0 Å². The zero-order valence-electron chi connectivity index (χ0n) is 13.2. The van der Waals surface area contributed by atoms with E-state index in [1.165, 1.54) is 60.5 Å². The van der Waals surface area contributed by atoms with Gasteiger partial charge < -0.3 is 11.1 Å². The van der Waals surface area contributed by atoms with E-state index in [0.717, 1.165) is 25.9 Å². The topological polar surface area (TPSA) is 63.3 Å². The normalized spacial score (nSPS) is 15.0. The van der Waals surface area contributed by atoms with Gasteiger partial charge in [-0.15, -0.1) is 11.3 Å². The molecule has 2 rings (SSSR count). The first-order valence-corrected chi connectivity index (χ1v) is 9.12. The van der Waals surface area contributed by atoms with Gasteiger partial charge in [-0.05, 0) is 32.1 Å². The molecule has 4 nitrogen and oxygen atoms in total. The molecule has 1 aliphatic rings. The van der Waals surface area contributed by atoms with Gasteiger partial charge in [0.05, 0.1) is 10.7 Å². The molecule has 1 heterocycles. The molecular formula is C16H28N4S. The van der Waals surface area contributed by atoms with Crippen LogP contribution in [0.4, 0.5) is 0 Å². The molecule has 21 heavy (non-hydrogen) atoms. The monoisotopic (exact) mass is 308 g/mol. The molecule has 3 N–H and O–H groups in total. The summed E-state index contributed by atoms with van der Waals surface area (Å²) < 4.78 is 0. The maximum absolute atomic E-state index is 5.87. The Bertz CT molecular complexity index is 430. The summed E-state index contributed by atoms with van der Waals surface area (Å²) in [6.45, 7) is 3.89. The molecule has 0 unspecified atom stereocenters. The first kappa shape index (κ1) is 16.3. The molecule has 0 aromatic carbocycles. The minimum Gasteiger partial charge on any atom is -0.370 e. The average molecular weight is 308 g/mol. The molecule has 0 amide bonds. The fraction of sp³-hybridized carbons (Fsp3) is 0.750. The Morgan fingerprint density at radius 1 is 1.29 bits per heavy atom. The lowest BCUT2D eigenvalue weighted by molar-refractivity contribution is 0.672. The van der Waals surface area contributed by atoms with Crippen molar-refractivity contribution in [2.45, 2.75) is 64.7 Å². The van der Waals surface area contributed by atoms with E-state index in [9.17, 15) is 0 Å². The van der Waals surface area contributed by atoms with Crippen LogP contribution >= 0.6 is 11.3 Å². The molecule has 0 saturated carbocycles. The first-order chi connectivity index (χ1) is 10.3. The Hall–Kier alpha value is -1.10. The van der Waals surface area contributed by atoms with Crippen molar-refractivity contribution in [3.63, 3.8) is 0 Å². The van der Waals surface area contributed by atoms with Gasteiger partial charge in [0.15, 0.2) is 5.96 Å². The minimum absolute atomic E-state index is 0.577. The van der Waals surface area contributed by atoms with Gasteiger partial charge in [0, 0.05) is 24.4 Å². The van der Waals surface area contributed by atoms with E-state index in [4.69, 9.17) is 10.7 Å². The lowest BCUT2D eigenvalue weighted by Crippen LogP contribution is -2.33. The van der Waals surface area contributed by atoms with Crippen LogP contribution in [-0.4, -0.2) is 24.0 Å². The third-order valence-electron chi connectivity index (χ3n) is 3.83. The number of rotatable bonds is 8. The Labute approximate surface area is 132 Å². The fourth-order valence-corrected chi connectivity index (χ4v) is 3.76. The number of nitrogens with one attached hydrogen (secondary N) is 1. The van der Waals surface area contributed by atoms with Crippen LogP contribution in [0.1, 0.15) is 61.0 Å². The minimum atomic E-state index is 0.577. The van der Waals surface area contributed by atoms with Gasteiger partial charge in [0.2, 0.25) is 0 Å². The lowest BCUT2D eigenvalue weighted by atomic mass is 10.0. The predicted octanol–water partition coefficient (Wildman–Crippen LogP) is 3.05. The van der Waals surface area contributed by atoms with E-state index in [2.05, 4.69) is 17.2 Å². The van der Waals surface area contributed by atoms with Crippen molar-refractivity contribution in [1.29, 1.82) is 0 Å². The molecule has 0 saturated heterocycles. The van der Waals surface area contributed by atoms with Crippen LogP contribution in [0.2, 0.25) is 0 Å². The molecule has 1 aromatic heterocycles. The summed E-state index contributed by atoms with van der Waals surface area (Å²) in [7, 11) is 0. The molecule has 0 fully saturated rings. The zero-order valence-corrected chi connectivity index (χ0v) is 14.0. The van der Waals surface area contributed by atoms with Crippen molar-refractivity contribution in [2.24, 2.45) is 10.7 Å². The summed E-state index contributed by atoms with van der Waals surface area (Å²) in [5.74, 6) is 0.577. The van der Waals surface area contributed by atoms with Crippen molar-refractivity contribution >= 4 is 17.3 Å². The van der Waals surface area contributed by atoms with E-state index in [-0.39, 0.29) is 0 Å². The van der Waals surface area contributed by atoms with Crippen molar-refractivity contribution in [2.75, 3.05) is 13.1 Å². The highest BCUT2D eigenvalue weighted by Crippen LogP contribution is 2.26. The van der Waals surface area contributed by atoms with Crippen LogP contribution in [0.15, 0.2) is 4.99 Å². The molecule has 0 radical (unpaired) electrons. The van der Waals surface area contributed by atoms with Gasteiger partial charge in [-0.2, -0.15) is 0 Å². The second-order valence-corrected chi connectivity index (χ2v) is 6.86. The highest BCUT2D eigenvalue weighted by Gasteiger charge is 2.14. The summed E-state index contributed by atoms with van der Waals surface area (Å²) >= 11 is 1.88. The molecule has 1 aliphatic carbocycles. The number of hydrogen-bond donors (Lipinski definition) is 2. The summed E-state index contributed by atoms with van der Waals surface area (Å²) in [6.07, 6.45) is 10.9. The largest absolute Gasteiger partial charge is 0.370 e. The summed E-state index contributed by atoms with van der Waals surface area (Å²) in [5, 5.41) is 4.44. The number of nitrogens with zero attached hydrogens (tertiary/aromatic N) is 2. The standard InChI is InChI=1S/C16H28N4S/c1-2-3-4-7-11-18-16(17)19-12-10-15-20-13-8-5-6-9-14(13)21-15/h2-12H2,1H3,(H3,17,18,19). The fourth-order valence-electron chi connectivity index (χ4n) is 2.60. The van der Waals surface area contributed by atoms with E-state index in [0.29, 0.717) is 5.96 Å². The molecule has 0 bridgehead atoms. The van der Waals surface area contributed by atoms with Crippen molar-refractivity contribution in [3.8, 4) is 0 Å². The Balaban J connectivity index is 1.64. The number of aliphatic imine (C=N–C) groups is 1. The van der Waals surface area contributed by atoms with Crippen molar-refractivity contribution in [3.05, 3.63) is 15.6 Å². The maximum Gasteiger partial charge on any atom is 0.188 e. The number of thiazole rings is 1. The van der Waals surface area contributed by atoms with E-state index >= 15 is 0 Å². The van der Waals surface area contributed by atoms with Crippen molar-refractivity contribution < 1.29 is 0 Å². The maximum atomic E-state index is 5.87. The van der Waals surface area contributed by atoms with Crippen LogP contribution in [-0.2, 0) is 19.3 Å². The summed E-state index contributed by atoms with van der Waals surface area (Å²) in [6, 6.07) is 0. The third kappa shape index (κ3) is 5.65. The average Bonchev–Trinajstić information content (AvgIpc) is 2.89. The summed E-state index contributed by atoms with van der Waals surface area (Å²) in [5.41, 5.74) is 7.22. The van der Waals surface area contributed by atoms with Crippen LogP contribution in [0.5, 0.6) is 0 Å². The quantitative estimate of drug-likeness (QED) is 0.441. The van der Waals surface area contributed by atoms with Gasteiger partial charge >= 0.3 is 0 Å². The van der Waals surface area contributed by atoms with Gasteiger partial charge in [0.1, 0.15) is 0 Å². The molecule has 5 heteroatoms. The smallest absolute Gasteiger partial charge is 0.188 e. The first-order valence-electron chi connectivity index (χ1n) is 8.31. The zero-order chi connectivity index (χ0) is 14.9. The molecular weight excluding hydrogens is 280 g/mol. The number of nitrogens with two attached hydrogens (primary N) is 1. The van der Waals surface area contributed by atoms with Crippen LogP contribution < -0.4 is 11.1 Å². The number of guanidine groups is 1. The van der Waals surface area contributed by atoms with Crippen LogP contribution in [0, 0.1) is 0 Å². The number of unbranched alkanes of at least 4 members (excludes halogenated alkanes) is 3. The van der Waals surface area contributed by atoms with Crippen LogP contribution in [0.25, 0.3) is 0 Å². The van der Waals surface area contributed by atoms with Gasteiger partial charge in [-0.3, -0.25) is 4.99 Å². The van der Waals surface area contributed by atoms with Gasteiger partial charge in [-0.25, -0.2) is 4.98 Å². The lowest BCUT2D eigenvalue weighted by Gasteiger charge is -2.06. The van der Waals surface area contributed by atoms with E-state index in [1.807, 2.05) is 11.3 Å².